The van der Waals surface area contributed by atoms with Crippen LogP contribution in [0.2, 0.25) is 0 Å². The molecule has 0 saturated carbocycles. The van der Waals surface area contributed by atoms with E-state index >= 15 is 0 Å². The molecule has 1 heterocycles. The summed E-state index contributed by atoms with van der Waals surface area (Å²) in [4.78, 5) is 12.4. The second kappa shape index (κ2) is 6.36. The van der Waals surface area contributed by atoms with Gasteiger partial charge in [-0.1, -0.05) is 46.3 Å². The monoisotopic (exact) mass is 373 g/mol. The Morgan fingerprint density at radius 3 is 2.83 bits per heavy atom. The van der Waals surface area contributed by atoms with Crippen LogP contribution in [0.4, 0.5) is 0 Å². The van der Waals surface area contributed by atoms with Crippen LogP contribution in [-0.2, 0) is 11.2 Å². The lowest BCUT2D eigenvalue weighted by Gasteiger charge is -2.37. The van der Waals surface area contributed by atoms with Crippen molar-refractivity contribution in [1.29, 1.82) is 0 Å². The Morgan fingerprint density at radius 1 is 1.26 bits per heavy atom. The molecule has 3 rings (SSSR count). The Labute approximate surface area is 145 Å². The molecule has 0 unspecified atom stereocenters. The van der Waals surface area contributed by atoms with Crippen molar-refractivity contribution in [1.82, 2.24) is 5.32 Å². The van der Waals surface area contributed by atoms with Crippen molar-refractivity contribution in [3.63, 3.8) is 0 Å². The molecule has 1 N–H and O–H groups in total. The van der Waals surface area contributed by atoms with Crippen molar-refractivity contribution in [2.45, 2.75) is 38.3 Å². The molecule has 1 aliphatic heterocycles. The van der Waals surface area contributed by atoms with Gasteiger partial charge in [0.05, 0.1) is 12.5 Å². The minimum atomic E-state index is -0.290. The van der Waals surface area contributed by atoms with Crippen molar-refractivity contribution < 1.29 is 9.53 Å². The van der Waals surface area contributed by atoms with Crippen LogP contribution in [0.3, 0.4) is 0 Å². The predicted octanol–water partition coefficient (Wildman–Crippen LogP) is 4.41. The quantitative estimate of drug-likeness (QED) is 0.864. The first-order valence-corrected chi connectivity index (χ1v) is 8.54. The number of amides is 1. The molecular formula is C19H20BrNO2. The number of ether oxygens (including phenoxy) is 1. The number of rotatable bonds is 3. The molecule has 0 aliphatic carbocycles. The highest BCUT2D eigenvalue weighted by Crippen LogP contribution is 2.39. The molecule has 2 aromatic carbocycles. The molecule has 1 aliphatic rings. The van der Waals surface area contributed by atoms with Gasteiger partial charge < -0.3 is 10.1 Å². The molecular weight excluding hydrogens is 354 g/mol. The first-order chi connectivity index (χ1) is 10.9. The van der Waals surface area contributed by atoms with E-state index < -0.39 is 0 Å². The fraction of sp³-hybridized carbons (Fsp3) is 0.316. The van der Waals surface area contributed by atoms with E-state index in [9.17, 15) is 4.79 Å². The molecule has 3 nitrogen and oxygen atoms in total. The van der Waals surface area contributed by atoms with Gasteiger partial charge in [0.25, 0.3) is 0 Å². The average molecular weight is 374 g/mol. The number of benzene rings is 2. The van der Waals surface area contributed by atoms with E-state index in [-0.39, 0.29) is 17.6 Å². The third-order valence-corrected chi connectivity index (χ3v) is 4.46. The van der Waals surface area contributed by atoms with Gasteiger partial charge in [0.15, 0.2) is 0 Å². The third-order valence-electron chi connectivity index (χ3n) is 3.97. The van der Waals surface area contributed by atoms with Gasteiger partial charge in [0.1, 0.15) is 11.4 Å². The van der Waals surface area contributed by atoms with Gasteiger partial charge in [0.2, 0.25) is 5.91 Å². The maximum Gasteiger partial charge on any atom is 0.224 e. The van der Waals surface area contributed by atoms with Crippen LogP contribution < -0.4 is 10.1 Å². The summed E-state index contributed by atoms with van der Waals surface area (Å²) in [6.07, 6.45) is 1.13. The fourth-order valence-electron chi connectivity index (χ4n) is 3.01. The first kappa shape index (κ1) is 16.1. The van der Waals surface area contributed by atoms with Gasteiger partial charge in [0, 0.05) is 16.5 Å². The average Bonchev–Trinajstić information content (AvgIpc) is 2.46. The SMILES string of the molecule is CC1(C)C[C@@H](NC(=O)Cc2cccc(Br)c2)c2ccccc2O1. The van der Waals surface area contributed by atoms with Crippen LogP contribution in [0.15, 0.2) is 53.0 Å². The van der Waals surface area contributed by atoms with Crippen LogP contribution in [0.1, 0.15) is 37.4 Å². The van der Waals surface area contributed by atoms with Crippen LogP contribution >= 0.6 is 15.9 Å². The summed E-state index contributed by atoms with van der Waals surface area (Å²) in [5.41, 5.74) is 1.76. The van der Waals surface area contributed by atoms with Gasteiger partial charge >= 0.3 is 0 Å². The summed E-state index contributed by atoms with van der Waals surface area (Å²) in [5.74, 6) is 0.886. The lowest BCUT2D eigenvalue weighted by molar-refractivity contribution is -0.121. The van der Waals surface area contributed by atoms with E-state index in [4.69, 9.17) is 4.74 Å². The first-order valence-electron chi connectivity index (χ1n) is 7.75. The normalized spacial score (nSPS) is 18.7. The third kappa shape index (κ3) is 3.94. The molecule has 120 valence electrons. The van der Waals surface area contributed by atoms with E-state index in [1.807, 2.05) is 48.5 Å². The molecule has 0 spiro atoms. The van der Waals surface area contributed by atoms with Gasteiger partial charge in [-0.2, -0.15) is 0 Å². The zero-order valence-corrected chi connectivity index (χ0v) is 14.9. The zero-order valence-electron chi connectivity index (χ0n) is 13.3. The smallest absolute Gasteiger partial charge is 0.224 e. The maximum absolute atomic E-state index is 12.4. The molecule has 0 fully saturated rings. The van der Waals surface area contributed by atoms with Gasteiger partial charge in [-0.15, -0.1) is 0 Å². The molecule has 23 heavy (non-hydrogen) atoms. The van der Waals surface area contributed by atoms with E-state index in [1.165, 1.54) is 0 Å². The summed E-state index contributed by atoms with van der Waals surface area (Å²) < 4.78 is 6.99. The van der Waals surface area contributed by atoms with Crippen molar-refractivity contribution in [3.05, 3.63) is 64.1 Å². The van der Waals surface area contributed by atoms with Crippen LogP contribution in [0, 0.1) is 0 Å². The van der Waals surface area contributed by atoms with Gasteiger partial charge in [-0.3, -0.25) is 4.79 Å². The fourth-order valence-corrected chi connectivity index (χ4v) is 3.46. The van der Waals surface area contributed by atoms with Crippen molar-refractivity contribution in [2.24, 2.45) is 0 Å². The van der Waals surface area contributed by atoms with Crippen LogP contribution in [-0.4, -0.2) is 11.5 Å². The van der Waals surface area contributed by atoms with Gasteiger partial charge in [-0.05, 0) is 37.6 Å². The number of hydrogen-bond donors (Lipinski definition) is 1. The summed E-state index contributed by atoms with van der Waals surface area (Å²) in [6.45, 7) is 4.10. The van der Waals surface area contributed by atoms with E-state index in [1.54, 1.807) is 0 Å². The molecule has 0 saturated heterocycles. The molecule has 0 bridgehead atoms. The van der Waals surface area contributed by atoms with Crippen LogP contribution in [0.25, 0.3) is 0 Å². The molecule has 1 atom stereocenters. The van der Waals surface area contributed by atoms with E-state index in [2.05, 4.69) is 35.1 Å². The number of carbonyl (C=O) groups is 1. The summed E-state index contributed by atoms with van der Waals surface area (Å²) in [6, 6.07) is 15.7. The zero-order chi connectivity index (χ0) is 16.4. The Hall–Kier alpha value is -1.81. The maximum atomic E-state index is 12.4. The lowest BCUT2D eigenvalue weighted by Crippen LogP contribution is -2.41. The van der Waals surface area contributed by atoms with Gasteiger partial charge in [-0.25, -0.2) is 0 Å². The lowest BCUT2D eigenvalue weighted by atomic mass is 9.89. The van der Waals surface area contributed by atoms with Crippen LogP contribution in [0.5, 0.6) is 5.75 Å². The Bertz CT molecular complexity index is 727. The van der Waals surface area contributed by atoms with Crippen molar-refractivity contribution in [3.8, 4) is 5.75 Å². The second-order valence-corrected chi connectivity index (χ2v) is 7.45. The molecule has 1 amide bonds. The van der Waals surface area contributed by atoms with Crippen molar-refractivity contribution in [2.75, 3.05) is 0 Å². The Kier molecular flexibility index (Phi) is 4.44. The molecule has 4 heteroatoms. The Balaban J connectivity index is 1.75. The standard InChI is InChI=1S/C19H20BrNO2/c1-19(2)12-16(15-8-3-4-9-17(15)23-19)21-18(22)11-13-6-5-7-14(20)10-13/h3-10,16H,11-12H2,1-2H3,(H,21,22)/t16-/m1/s1. The number of hydrogen-bond acceptors (Lipinski definition) is 2. The second-order valence-electron chi connectivity index (χ2n) is 6.53. The number of carbonyl (C=O) groups excluding carboxylic acids is 1. The predicted molar refractivity (Wildman–Crippen MR) is 94.5 cm³/mol. The molecule has 2 aromatic rings. The number of nitrogens with one attached hydrogen (secondary N) is 1. The summed E-state index contributed by atoms with van der Waals surface area (Å²) in [7, 11) is 0. The number of halogens is 1. The highest BCUT2D eigenvalue weighted by molar-refractivity contribution is 9.10. The highest BCUT2D eigenvalue weighted by Gasteiger charge is 2.34. The summed E-state index contributed by atoms with van der Waals surface area (Å²) >= 11 is 3.44. The molecule has 0 radical (unpaired) electrons. The van der Waals surface area contributed by atoms with E-state index in [0.29, 0.717) is 6.42 Å². The highest BCUT2D eigenvalue weighted by atomic mass is 79.9. The number of para-hydroxylation sites is 1. The largest absolute Gasteiger partial charge is 0.487 e. The Morgan fingerprint density at radius 2 is 2.04 bits per heavy atom. The van der Waals surface area contributed by atoms with E-state index in [0.717, 1.165) is 27.8 Å². The topological polar surface area (TPSA) is 38.3 Å². The van der Waals surface area contributed by atoms with Crippen molar-refractivity contribution >= 4 is 21.8 Å². The minimum Gasteiger partial charge on any atom is -0.487 e. The minimum absolute atomic E-state index is 0.0189. The molecule has 0 aromatic heterocycles. The number of fused-ring (bicyclic) bond motifs is 1. The summed E-state index contributed by atoms with van der Waals surface area (Å²) in [5, 5.41) is 3.16.